The molecule has 0 radical (unpaired) electrons. The Morgan fingerprint density at radius 1 is 1.18 bits per heavy atom. The summed E-state index contributed by atoms with van der Waals surface area (Å²) in [5.74, 6) is 0.0626. The molecular formula is C14H8N2O. The third kappa shape index (κ3) is 1.00. The van der Waals surface area contributed by atoms with Gasteiger partial charge >= 0.3 is 0 Å². The molecule has 0 saturated heterocycles. The number of aromatic amines is 1. The van der Waals surface area contributed by atoms with E-state index in [0.717, 1.165) is 32.7 Å². The van der Waals surface area contributed by atoms with Crippen LogP contribution < -0.4 is 10.7 Å². The SMILES string of the molecule is O=C1C=CC=c2[nH]c3c4c(ccc3c21)=NC=C4. The number of nitrogens with zero attached hydrogens (tertiary/aromatic N) is 1. The van der Waals surface area contributed by atoms with Gasteiger partial charge in [0, 0.05) is 17.1 Å². The van der Waals surface area contributed by atoms with Gasteiger partial charge in [0.25, 0.3) is 0 Å². The summed E-state index contributed by atoms with van der Waals surface area (Å²) >= 11 is 0. The summed E-state index contributed by atoms with van der Waals surface area (Å²) < 4.78 is 0. The standard InChI is InChI=1S/C14H8N2O/c17-12-3-1-2-11-13(12)9-4-5-10-8(6-7-15-10)14(9)16-11/h1-7,16H. The normalized spacial score (nSPS) is 15.6. The fraction of sp³-hybridized carbons (Fsp3) is 0. The number of benzene rings is 1. The summed E-state index contributed by atoms with van der Waals surface area (Å²) in [6, 6.07) is 3.92. The molecule has 0 fully saturated rings. The lowest BCUT2D eigenvalue weighted by Gasteiger charge is -1.97. The first-order valence-corrected chi connectivity index (χ1v) is 5.46. The average molecular weight is 220 g/mol. The van der Waals surface area contributed by atoms with Gasteiger partial charge in [0.1, 0.15) is 0 Å². The fourth-order valence-electron chi connectivity index (χ4n) is 2.47. The van der Waals surface area contributed by atoms with Gasteiger partial charge in [-0.3, -0.25) is 9.79 Å². The van der Waals surface area contributed by atoms with Crippen LogP contribution in [0.3, 0.4) is 0 Å². The van der Waals surface area contributed by atoms with Crippen molar-refractivity contribution < 1.29 is 4.79 Å². The topological polar surface area (TPSA) is 45.2 Å². The van der Waals surface area contributed by atoms with Crippen LogP contribution in [-0.2, 0) is 0 Å². The molecular weight excluding hydrogens is 212 g/mol. The van der Waals surface area contributed by atoms with Crippen LogP contribution in [0.15, 0.2) is 35.5 Å². The van der Waals surface area contributed by atoms with Crippen molar-refractivity contribution in [2.24, 2.45) is 4.99 Å². The third-order valence-corrected chi connectivity index (χ3v) is 3.23. The van der Waals surface area contributed by atoms with Crippen molar-refractivity contribution in [1.29, 1.82) is 0 Å². The molecule has 3 nitrogen and oxygen atoms in total. The maximum absolute atomic E-state index is 11.9. The van der Waals surface area contributed by atoms with Crippen molar-refractivity contribution >= 4 is 28.8 Å². The minimum absolute atomic E-state index is 0.0626. The molecule has 0 atom stereocenters. The molecule has 0 amide bonds. The van der Waals surface area contributed by atoms with E-state index in [1.54, 1.807) is 18.4 Å². The van der Waals surface area contributed by atoms with Crippen LogP contribution in [0.2, 0.25) is 0 Å². The highest BCUT2D eigenvalue weighted by Crippen LogP contribution is 2.20. The Labute approximate surface area is 96.5 Å². The van der Waals surface area contributed by atoms with E-state index in [9.17, 15) is 4.79 Å². The Bertz CT molecular complexity index is 850. The van der Waals surface area contributed by atoms with Crippen LogP contribution in [0, 0.1) is 0 Å². The number of aromatic nitrogens is 1. The highest BCUT2D eigenvalue weighted by atomic mass is 16.1. The van der Waals surface area contributed by atoms with Gasteiger partial charge in [-0.2, -0.15) is 0 Å². The van der Waals surface area contributed by atoms with Gasteiger partial charge in [0.15, 0.2) is 5.78 Å². The van der Waals surface area contributed by atoms with E-state index >= 15 is 0 Å². The van der Waals surface area contributed by atoms with Gasteiger partial charge in [-0.05, 0) is 30.4 Å². The van der Waals surface area contributed by atoms with E-state index < -0.39 is 0 Å². The number of carbonyl (C=O) groups is 1. The second-order valence-electron chi connectivity index (χ2n) is 4.17. The van der Waals surface area contributed by atoms with E-state index in [0.29, 0.717) is 0 Å². The van der Waals surface area contributed by atoms with E-state index in [2.05, 4.69) is 9.98 Å². The molecule has 0 bridgehead atoms. The molecule has 1 N–H and O–H groups in total. The first-order valence-electron chi connectivity index (χ1n) is 5.46. The summed E-state index contributed by atoms with van der Waals surface area (Å²) in [5.41, 5.74) is 2.84. The molecule has 80 valence electrons. The van der Waals surface area contributed by atoms with E-state index in [1.165, 1.54) is 0 Å². The number of rotatable bonds is 0. The minimum atomic E-state index is 0.0626. The summed E-state index contributed by atoms with van der Waals surface area (Å²) in [6.45, 7) is 0. The molecule has 17 heavy (non-hydrogen) atoms. The number of nitrogens with one attached hydrogen (secondary N) is 1. The number of fused-ring (bicyclic) bond motifs is 5. The molecule has 0 spiro atoms. The Hall–Kier alpha value is -2.42. The molecule has 0 unspecified atom stereocenters. The van der Waals surface area contributed by atoms with Crippen molar-refractivity contribution in [2.45, 2.75) is 0 Å². The molecule has 1 aliphatic heterocycles. The molecule has 2 aromatic rings. The first kappa shape index (κ1) is 8.70. The van der Waals surface area contributed by atoms with Crippen molar-refractivity contribution in [3.8, 4) is 0 Å². The largest absolute Gasteiger partial charge is 0.354 e. The molecule has 2 heterocycles. The smallest absolute Gasteiger partial charge is 0.188 e. The monoisotopic (exact) mass is 220 g/mol. The Balaban J connectivity index is 2.27. The van der Waals surface area contributed by atoms with E-state index in [1.807, 2.05) is 24.3 Å². The van der Waals surface area contributed by atoms with Gasteiger partial charge in [-0.15, -0.1) is 0 Å². The highest BCUT2D eigenvalue weighted by molar-refractivity contribution is 6.15. The number of carbonyl (C=O) groups excluding carboxylic acids is 1. The maximum atomic E-state index is 11.9. The van der Waals surface area contributed by atoms with Gasteiger partial charge in [0.2, 0.25) is 0 Å². The second-order valence-corrected chi connectivity index (χ2v) is 4.17. The molecule has 4 rings (SSSR count). The third-order valence-electron chi connectivity index (χ3n) is 3.23. The molecule has 2 aliphatic rings. The van der Waals surface area contributed by atoms with Crippen LogP contribution >= 0.6 is 0 Å². The Morgan fingerprint density at radius 3 is 3.06 bits per heavy atom. The maximum Gasteiger partial charge on any atom is 0.188 e. The van der Waals surface area contributed by atoms with Crippen molar-refractivity contribution in [3.63, 3.8) is 0 Å². The molecule has 1 aliphatic carbocycles. The highest BCUT2D eigenvalue weighted by Gasteiger charge is 2.17. The van der Waals surface area contributed by atoms with E-state index in [-0.39, 0.29) is 5.78 Å². The zero-order chi connectivity index (χ0) is 11.4. The quantitative estimate of drug-likeness (QED) is 0.714. The second kappa shape index (κ2) is 2.83. The van der Waals surface area contributed by atoms with Crippen molar-refractivity contribution in [1.82, 2.24) is 4.98 Å². The average Bonchev–Trinajstić information content (AvgIpc) is 2.91. The van der Waals surface area contributed by atoms with Gasteiger partial charge < -0.3 is 4.98 Å². The summed E-state index contributed by atoms with van der Waals surface area (Å²) in [4.78, 5) is 19.5. The number of ketones is 1. The summed E-state index contributed by atoms with van der Waals surface area (Å²) in [7, 11) is 0. The van der Waals surface area contributed by atoms with Crippen LogP contribution in [0.4, 0.5) is 0 Å². The molecule has 1 aromatic carbocycles. The molecule has 3 heteroatoms. The molecule has 0 saturated carbocycles. The van der Waals surface area contributed by atoms with Crippen LogP contribution in [-0.4, -0.2) is 10.8 Å². The number of H-pyrrole nitrogens is 1. The lowest BCUT2D eigenvalue weighted by molar-refractivity contribution is 0.104. The van der Waals surface area contributed by atoms with Crippen molar-refractivity contribution in [2.75, 3.05) is 0 Å². The number of hydrogen-bond acceptors (Lipinski definition) is 2. The van der Waals surface area contributed by atoms with Gasteiger partial charge in [-0.1, -0.05) is 6.08 Å². The van der Waals surface area contributed by atoms with Crippen LogP contribution in [0.25, 0.3) is 23.1 Å². The van der Waals surface area contributed by atoms with Crippen LogP contribution in [0.5, 0.6) is 0 Å². The fourth-order valence-corrected chi connectivity index (χ4v) is 2.47. The Kier molecular flexibility index (Phi) is 1.45. The lowest BCUT2D eigenvalue weighted by atomic mass is 10.0. The number of hydrogen-bond donors (Lipinski definition) is 1. The predicted octanol–water partition coefficient (Wildman–Crippen LogP) is 1.30. The van der Waals surface area contributed by atoms with Crippen LogP contribution in [0.1, 0.15) is 15.9 Å². The number of allylic oxidation sites excluding steroid dienone is 2. The lowest BCUT2D eigenvalue weighted by Crippen LogP contribution is -2.14. The zero-order valence-corrected chi connectivity index (χ0v) is 8.90. The minimum Gasteiger partial charge on any atom is -0.354 e. The predicted molar refractivity (Wildman–Crippen MR) is 66.0 cm³/mol. The van der Waals surface area contributed by atoms with Gasteiger partial charge in [-0.25, -0.2) is 0 Å². The van der Waals surface area contributed by atoms with Crippen molar-refractivity contribution in [3.05, 3.63) is 52.3 Å². The van der Waals surface area contributed by atoms with E-state index in [4.69, 9.17) is 0 Å². The van der Waals surface area contributed by atoms with Gasteiger partial charge in [0.05, 0.1) is 21.8 Å². The summed E-state index contributed by atoms with van der Waals surface area (Å²) in [6.07, 6.45) is 9.06. The molecule has 1 aromatic heterocycles. The first-order chi connectivity index (χ1) is 8.34. The summed E-state index contributed by atoms with van der Waals surface area (Å²) in [5, 5.41) is 2.82. The Morgan fingerprint density at radius 2 is 2.12 bits per heavy atom. The zero-order valence-electron chi connectivity index (χ0n) is 8.90.